The Morgan fingerprint density at radius 3 is 2.32 bits per heavy atom. The summed E-state index contributed by atoms with van der Waals surface area (Å²) < 4.78 is 0. The molecule has 0 heterocycles. The van der Waals surface area contributed by atoms with E-state index in [0.717, 1.165) is 0 Å². The van der Waals surface area contributed by atoms with Crippen molar-refractivity contribution in [3.8, 4) is 0 Å². The molecule has 0 fully saturated rings. The van der Waals surface area contributed by atoms with Crippen LogP contribution in [0, 0.1) is 0 Å². The number of amides is 3. The quantitative estimate of drug-likeness (QED) is 0.596. The van der Waals surface area contributed by atoms with Crippen molar-refractivity contribution < 1.29 is 19.5 Å². The molecule has 7 nitrogen and oxygen atoms in total. The molecule has 0 aliphatic heterocycles. The van der Waals surface area contributed by atoms with Crippen LogP contribution in [0.3, 0.4) is 0 Å². The molecule has 0 saturated heterocycles. The molecule has 1 aromatic rings. The average molecular weight is 265 g/mol. The van der Waals surface area contributed by atoms with E-state index in [9.17, 15) is 14.4 Å². The number of hydrazine groups is 1. The molecule has 1 unspecified atom stereocenters. The van der Waals surface area contributed by atoms with Gasteiger partial charge in [-0.15, -0.1) is 0 Å². The Bertz CT molecular complexity index is 461. The van der Waals surface area contributed by atoms with Gasteiger partial charge in [0.25, 0.3) is 0 Å². The second-order valence-corrected chi connectivity index (χ2v) is 3.84. The second-order valence-electron chi connectivity index (χ2n) is 3.84. The molecule has 1 atom stereocenters. The lowest BCUT2D eigenvalue weighted by Crippen LogP contribution is -2.47. The van der Waals surface area contributed by atoms with Gasteiger partial charge in [-0.05, 0) is 5.56 Å². The Hall–Kier alpha value is -2.57. The average Bonchev–Trinajstić information content (AvgIpc) is 2.36. The van der Waals surface area contributed by atoms with Gasteiger partial charge in [-0.3, -0.25) is 15.0 Å². The molecule has 0 saturated carbocycles. The fourth-order valence-electron chi connectivity index (χ4n) is 1.45. The number of rotatable bonds is 4. The minimum Gasteiger partial charge on any atom is -0.481 e. The summed E-state index contributed by atoms with van der Waals surface area (Å²) in [5.41, 5.74) is 4.89. The lowest BCUT2D eigenvalue weighted by atomic mass is 10.0. The van der Waals surface area contributed by atoms with Gasteiger partial charge >= 0.3 is 12.0 Å². The first-order valence-corrected chi connectivity index (χ1v) is 5.59. The summed E-state index contributed by atoms with van der Waals surface area (Å²) in [5, 5.41) is 11.3. The van der Waals surface area contributed by atoms with Crippen LogP contribution in [-0.2, 0) is 9.59 Å². The second kappa shape index (κ2) is 7.00. The van der Waals surface area contributed by atoms with Gasteiger partial charge in [0.2, 0.25) is 5.91 Å². The molecular weight excluding hydrogens is 250 g/mol. The number of carbonyl (C=O) groups excluding carboxylic acids is 2. The Balaban J connectivity index is 2.67. The number of nitrogens with one attached hydrogen (secondary N) is 3. The van der Waals surface area contributed by atoms with Crippen LogP contribution in [0.1, 0.15) is 24.9 Å². The van der Waals surface area contributed by atoms with E-state index in [1.165, 1.54) is 6.92 Å². The van der Waals surface area contributed by atoms with E-state index in [1.54, 1.807) is 30.3 Å². The van der Waals surface area contributed by atoms with Gasteiger partial charge in [-0.25, -0.2) is 10.2 Å². The number of hydrogen-bond donors (Lipinski definition) is 4. The standard InChI is InChI=1S/C12H15N3O4/c1-8(16)14-15-12(19)13-10(7-11(17)18)9-5-3-2-4-6-9/h2-6,10H,7H2,1H3,(H,14,16)(H,17,18)(H2,13,15,19). The van der Waals surface area contributed by atoms with Crippen molar-refractivity contribution in [3.05, 3.63) is 35.9 Å². The van der Waals surface area contributed by atoms with Crippen LogP contribution in [0.4, 0.5) is 4.79 Å². The van der Waals surface area contributed by atoms with Gasteiger partial charge in [0.05, 0.1) is 12.5 Å². The SMILES string of the molecule is CC(=O)NNC(=O)NC(CC(=O)O)c1ccccc1. The molecule has 1 rings (SSSR count). The van der Waals surface area contributed by atoms with E-state index in [4.69, 9.17) is 5.11 Å². The van der Waals surface area contributed by atoms with E-state index in [0.29, 0.717) is 5.56 Å². The number of urea groups is 1. The predicted molar refractivity (Wildman–Crippen MR) is 66.9 cm³/mol. The third-order valence-electron chi connectivity index (χ3n) is 2.24. The van der Waals surface area contributed by atoms with Gasteiger partial charge in [-0.2, -0.15) is 0 Å². The van der Waals surface area contributed by atoms with Gasteiger partial charge in [0.15, 0.2) is 0 Å². The molecule has 0 spiro atoms. The summed E-state index contributed by atoms with van der Waals surface area (Å²) >= 11 is 0. The van der Waals surface area contributed by atoms with E-state index in [-0.39, 0.29) is 6.42 Å². The van der Waals surface area contributed by atoms with Gasteiger partial charge < -0.3 is 10.4 Å². The third-order valence-corrected chi connectivity index (χ3v) is 2.24. The molecule has 0 aromatic heterocycles. The highest BCUT2D eigenvalue weighted by molar-refractivity contribution is 5.80. The van der Waals surface area contributed by atoms with Crippen molar-refractivity contribution >= 4 is 17.9 Å². The van der Waals surface area contributed by atoms with Gasteiger partial charge in [0, 0.05) is 6.92 Å². The summed E-state index contributed by atoms with van der Waals surface area (Å²) in [4.78, 5) is 32.9. The zero-order valence-corrected chi connectivity index (χ0v) is 10.3. The van der Waals surface area contributed by atoms with Crippen molar-refractivity contribution in [2.75, 3.05) is 0 Å². The molecule has 0 aliphatic carbocycles. The minimum atomic E-state index is -1.03. The van der Waals surface area contributed by atoms with Crippen LogP contribution < -0.4 is 16.2 Å². The number of benzene rings is 1. The highest BCUT2D eigenvalue weighted by atomic mass is 16.4. The van der Waals surface area contributed by atoms with E-state index < -0.39 is 23.9 Å². The maximum absolute atomic E-state index is 11.5. The molecule has 1 aromatic carbocycles. The summed E-state index contributed by atoms with van der Waals surface area (Å²) in [7, 11) is 0. The summed E-state index contributed by atoms with van der Waals surface area (Å²) in [6, 6.07) is 7.37. The van der Waals surface area contributed by atoms with Crippen LogP contribution in [0.15, 0.2) is 30.3 Å². The minimum absolute atomic E-state index is 0.252. The molecular formula is C12H15N3O4. The van der Waals surface area contributed by atoms with Crippen LogP contribution >= 0.6 is 0 Å². The topological polar surface area (TPSA) is 108 Å². The van der Waals surface area contributed by atoms with Crippen LogP contribution in [0.5, 0.6) is 0 Å². The maximum atomic E-state index is 11.5. The van der Waals surface area contributed by atoms with Crippen molar-refractivity contribution in [1.82, 2.24) is 16.2 Å². The zero-order valence-electron chi connectivity index (χ0n) is 10.3. The lowest BCUT2D eigenvalue weighted by Gasteiger charge is -2.17. The fraction of sp³-hybridized carbons (Fsp3) is 0.250. The molecule has 0 radical (unpaired) electrons. The lowest BCUT2D eigenvalue weighted by molar-refractivity contribution is -0.137. The summed E-state index contributed by atoms with van der Waals surface area (Å²) in [5.74, 6) is -1.46. The highest BCUT2D eigenvalue weighted by Gasteiger charge is 2.17. The normalized spacial score (nSPS) is 11.2. The van der Waals surface area contributed by atoms with Crippen LogP contribution in [0.2, 0.25) is 0 Å². The monoisotopic (exact) mass is 265 g/mol. The summed E-state index contributed by atoms with van der Waals surface area (Å²) in [6.07, 6.45) is -0.252. The predicted octanol–water partition coefficient (Wildman–Crippen LogP) is 0.553. The highest BCUT2D eigenvalue weighted by Crippen LogP contribution is 2.16. The first kappa shape index (κ1) is 14.5. The maximum Gasteiger partial charge on any atom is 0.333 e. The third kappa shape index (κ3) is 5.53. The molecule has 3 amide bonds. The smallest absolute Gasteiger partial charge is 0.333 e. The summed E-state index contributed by atoms with van der Waals surface area (Å²) in [6.45, 7) is 1.24. The molecule has 4 N–H and O–H groups in total. The van der Waals surface area contributed by atoms with Crippen LogP contribution in [0.25, 0.3) is 0 Å². The molecule has 102 valence electrons. The largest absolute Gasteiger partial charge is 0.481 e. The van der Waals surface area contributed by atoms with Crippen molar-refractivity contribution in [3.63, 3.8) is 0 Å². The molecule has 0 aliphatic rings. The number of carboxylic acids is 1. The Kier molecular flexibility index (Phi) is 5.34. The Morgan fingerprint density at radius 1 is 1.16 bits per heavy atom. The van der Waals surface area contributed by atoms with Crippen molar-refractivity contribution in [2.45, 2.75) is 19.4 Å². The molecule has 7 heteroatoms. The molecule has 0 bridgehead atoms. The van der Waals surface area contributed by atoms with E-state index >= 15 is 0 Å². The van der Waals surface area contributed by atoms with E-state index in [2.05, 4.69) is 16.2 Å². The number of carboxylic acid groups (broad SMARTS) is 1. The van der Waals surface area contributed by atoms with Crippen molar-refractivity contribution in [1.29, 1.82) is 0 Å². The Labute approximate surface area is 110 Å². The van der Waals surface area contributed by atoms with Gasteiger partial charge in [0.1, 0.15) is 0 Å². The first-order valence-electron chi connectivity index (χ1n) is 5.59. The zero-order chi connectivity index (χ0) is 14.3. The van der Waals surface area contributed by atoms with E-state index in [1.807, 2.05) is 0 Å². The Morgan fingerprint density at radius 2 is 1.79 bits per heavy atom. The van der Waals surface area contributed by atoms with Gasteiger partial charge in [-0.1, -0.05) is 30.3 Å². The first-order chi connectivity index (χ1) is 8.99. The van der Waals surface area contributed by atoms with Crippen molar-refractivity contribution in [2.24, 2.45) is 0 Å². The molecule has 19 heavy (non-hydrogen) atoms. The van der Waals surface area contributed by atoms with Crippen LogP contribution in [-0.4, -0.2) is 23.0 Å². The number of hydrogen-bond acceptors (Lipinski definition) is 3. The number of carbonyl (C=O) groups is 3. The fourth-order valence-corrected chi connectivity index (χ4v) is 1.45. The number of aliphatic carboxylic acids is 1.